The average molecular weight is 396 g/mol. The summed E-state index contributed by atoms with van der Waals surface area (Å²) in [5.74, 6) is -0.451. The number of carbonyl (C=O) groups excluding carboxylic acids is 1. The van der Waals surface area contributed by atoms with E-state index in [0.29, 0.717) is 29.1 Å². The van der Waals surface area contributed by atoms with Gasteiger partial charge in [-0.3, -0.25) is 4.90 Å². The number of nitrogens with zero attached hydrogens (tertiary/aromatic N) is 3. The highest BCUT2D eigenvalue weighted by Crippen LogP contribution is 2.23. The molecule has 0 aliphatic rings. The first kappa shape index (κ1) is 19.6. The van der Waals surface area contributed by atoms with Gasteiger partial charge in [0.2, 0.25) is 0 Å². The number of hydrogen-bond acceptors (Lipinski definition) is 6. The molecule has 0 atom stereocenters. The van der Waals surface area contributed by atoms with Gasteiger partial charge in [0, 0.05) is 17.1 Å². The van der Waals surface area contributed by atoms with Gasteiger partial charge in [0.25, 0.3) is 0 Å². The highest BCUT2D eigenvalue weighted by Gasteiger charge is 2.17. The summed E-state index contributed by atoms with van der Waals surface area (Å²) in [4.78, 5) is 15.3. The fraction of sp³-hybridized carbons (Fsp3) is 0.353. The highest BCUT2D eigenvalue weighted by molar-refractivity contribution is 7.71. The van der Waals surface area contributed by atoms with E-state index in [9.17, 15) is 10.1 Å². The second-order valence-corrected chi connectivity index (χ2v) is 7.67. The van der Waals surface area contributed by atoms with E-state index >= 15 is 0 Å². The van der Waals surface area contributed by atoms with E-state index in [0.717, 1.165) is 9.21 Å². The molecule has 0 saturated heterocycles. The van der Waals surface area contributed by atoms with Crippen molar-refractivity contribution in [2.24, 2.45) is 0 Å². The number of hydrogen-bond donors (Lipinski definition) is 0. The Bertz CT molecular complexity index is 883. The number of halogens is 1. The molecular formula is C17H18ClN3O2S2. The molecule has 0 unspecified atom stereocenters. The Balaban J connectivity index is 2.35. The number of aromatic nitrogens is 1. The summed E-state index contributed by atoms with van der Waals surface area (Å²) in [5, 5.41) is 9.33. The lowest BCUT2D eigenvalue weighted by Gasteiger charge is -2.22. The Kier molecular flexibility index (Phi) is 6.73. The van der Waals surface area contributed by atoms with Crippen LogP contribution in [0, 0.1) is 22.9 Å². The van der Waals surface area contributed by atoms with Crippen LogP contribution < -0.4 is 0 Å². The van der Waals surface area contributed by atoms with Crippen molar-refractivity contribution in [3.05, 3.63) is 48.9 Å². The van der Waals surface area contributed by atoms with Crippen LogP contribution in [0.1, 0.15) is 33.4 Å². The van der Waals surface area contributed by atoms with Gasteiger partial charge in [0.05, 0.1) is 28.7 Å². The monoisotopic (exact) mass is 395 g/mol. The Hall–Kier alpha value is -1.72. The molecule has 0 spiro atoms. The molecule has 0 saturated carbocycles. The maximum absolute atomic E-state index is 12.2. The van der Waals surface area contributed by atoms with Crippen LogP contribution in [0.2, 0.25) is 4.34 Å². The number of rotatable bonds is 6. The Morgan fingerprint density at radius 1 is 1.52 bits per heavy atom. The Labute approximate surface area is 161 Å². The van der Waals surface area contributed by atoms with Crippen LogP contribution in [0.5, 0.6) is 0 Å². The SMILES string of the molecule is CCOC(=O)c1cc(C#N)c(=S)n(CN(C)Cc2ccc(Cl)s2)c1C. The van der Waals surface area contributed by atoms with E-state index < -0.39 is 5.97 Å². The summed E-state index contributed by atoms with van der Waals surface area (Å²) in [6, 6.07) is 7.41. The van der Waals surface area contributed by atoms with Crippen LogP contribution in [-0.2, 0) is 18.0 Å². The van der Waals surface area contributed by atoms with Crippen molar-refractivity contribution >= 4 is 41.1 Å². The molecule has 0 aliphatic carbocycles. The quantitative estimate of drug-likeness (QED) is 0.536. The van der Waals surface area contributed by atoms with Crippen molar-refractivity contribution < 1.29 is 9.53 Å². The summed E-state index contributed by atoms with van der Waals surface area (Å²) in [6.07, 6.45) is 0. The van der Waals surface area contributed by atoms with Crippen LogP contribution in [-0.4, -0.2) is 29.1 Å². The van der Waals surface area contributed by atoms with Crippen LogP contribution in [0.25, 0.3) is 0 Å². The van der Waals surface area contributed by atoms with Crippen LogP contribution in [0.15, 0.2) is 18.2 Å². The van der Waals surface area contributed by atoms with Gasteiger partial charge in [0.15, 0.2) is 0 Å². The zero-order valence-electron chi connectivity index (χ0n) is 14.2. The number of ether oxygens (including phenoxy) is 1. The number of esters is 1. The maximum Gasteiger partial charge on any atom is 0.339 e. The zero-order chi connectivity index (χ0) is 18.6. The van der Waals surface area contributed by atoms with Gasteiger partial charge in [-0.05, 0) is 39.1 Å². The summed E-state index contributed by atoms with van der Waals surface area (Å²) in [6.45, 7) is 4.95. The molecule has 2 rings (SSSR count). The van der Waals surface area contributed by atoms with Gasteiger partial charge in [-0.15, -0.1) is 11.3 Å². The van der Waals surface area contributed by atoms with Gasteiger partial charge in [0.1, 0.15) is 10.7 Å². The average Bonchev–Trinajstić information content (AvgIpc) is 2.96. The summed E-state index contributed by atoms with van der Waals surface area (Å²) in [5.41, 5.74) is 1.33. The third-order valence-corrected chi connectivity index (χ3v) is 5.27. The molecule has 8 heteroatoms. The molecule has 0 bridgehead atoms. The van der Waals surface area contributed by atoms with E-state index in [1.165, 1.54) is 17.4 Å². The van der Waals surface area contributed by atoms with Crippen molar-refractivity contribution in [2.45, 2.75) is 27.1 Å². The van der Waals surface area contributed by atoms with Crippen molar-refractivity contribution in [2.75, 3.05) is 13.7 Å². The lowest BCUT2D eigenvalue weighted by atomic mass is 10.1. The number of carbonyl (C=O) groups is 1. The molecule has 25 heavy (non-hydrogen) atoms. The Morgan fingerprint density at radius 3 is 2.80 bits per heavy atom. The summed E-state index contributed by atoms with van der Waals surface area (Å²) in [7, 11) is 1.94. The molecular weight excluding hydrogens is 378 g/mol. The fourth-order valence-corrected chi connectivity index (χ4v) is 3.88. The van der Waals surface area contributed by atoms with E-state index in [-0.39, 0.29) is 12.2 Å². The van der Waals surface area contributed by atoms with Crippen molar-refractivity contribution in [3.63, 3.8) is 0 Å². The predicted octanol–water partition coefficient (Wildman–Crippen LogP) is 4.38. The van der Waals surface area contributed by atoms with Crippen LogP contribution in [0.4, 0.5) is 0 Å². The first-order valence-corrected chi connectivity index (χ1v) is 9.22. The fourth-order valence-electron chi connectivity index (χ4n) is 2.41. The Morgan fingerprint density at radius 2 is 2.24 bits per heavy atom. The third kappa shape index (κ3) is 4.67. The second-order valence-electron chi connectivity index (χ2n) is 5.48. The molecule has 5 nitrogen and oxygen atoms in total. The molecule has 132 valence electrons. The summed E-state index contributed by atoms with van der Waals surface area (Å²) < 4.78 is 8.02. The van der Waals surface area contributed by atoms with E-state index in [2.05, 4.69) is 6.07 Å². The van der Waals surface area contributed by atoms with Gasteiger partial charge >= 0.3 is 5.97 Å². The molecule has 0 aliphatic heterocycles. The normalized spacial score (nSPS) is 10.7. The van der Waals surface area contributed by atoms with Gasteiger partial charge in [-0.25, -0.2) is 4.79 Å². The van der Waals surface area contributed by atoms with Crippen LogP contribution >= 0.6 is 35.2 Å². The minimum atomic E-state index is -0.451. The zero-order valence-corrected chi connectivity index (χ0v) is 16.6. The first-order valence-electron chi connectivity index (χ1n) is 7.61. The smallest absolute Gasteiger partial charge is 0.339 e. The van der Waals surface area contributed by atoms with E-state index in [1.54, 1.807) is 18.4 Å². The predicted molar refractivity (Wildman–Crippen MR) is 101 cm³/mol. The van der Waals surface area contributed by atoms with Gasteiger partial charge in [-0.2, -0.15) is 5.26 Å². The van der Waals surface area contributed by atoms with Crippen molar-refractivity contribution in [1.82, 2.24) is 9.47 Å². The van der Waals surface area contributed by atoms with E-state index in [4.69, 9.17) is 28.6 Å². The first-order chi connectivity index (χ1) is 11.9. The topological polar surface area (TPSA) is 58.3 Å². The minimum Gasteiger partial charge on any atom is -0.462 e. The lowest BCUT2D eigenvalue weighted by molar-refractivity contribution is 0.0523. The second kappa shape index (κ2) is 8.59. The number of thiophene rings is 1. The number of nitriles is 1. The standard InChI is InChI=1S/C17H18ClN3O2S2/c1-4-23-17(22)14-7-12(8-19)16(24)21(11(14)2)10-20(3)9-13-5-6-15(18)25-13/h5-7H,4,9-10H2,1-3H3. The lowest BCUT2D eigenvalue weighted by Crippen LogP contribution is -2.25. The molecule has 0 radical (unpaired) electrons. The third-order valence-electron chi connectivity index (χ3n) is 3.61. The largest absolute Gasteiger partial charge is 0.462 e. The highest BCUT2D eigenvalue weighted by atomic mass is 35.5. The van der Waals surface area contributed by atoms with Gasteiger partial charge in [-0.1, -0.05) is 23.8 Å². The van der Waals surface area contributed by atoms with E-state index in [1.807, 2.05) is 24.1 Å². The molecule has 2 aromatic rings. The molecule has 0 aromatic carbocycles. The molecule has 2 heterocycles. The summed E-state index contributed by atoms with van der Waals surface area (Å²) >= 11 is 12.9. The minimum absolute atomic E-state index is 0.273. The molecule has 2 aromatic heterocycles. The van der Waals surface area contributed by atoms with Gasteiger partial charge < -0.3 is 9.30 Å². The molecule has 0 N–H and O–H groups in total. The van der Waals surface area contributed by atoms with Crippen molar-refractivity contribution in [1.29, 1.82) is 5.26 Å². The maximum atomic E-state index is 12.2. The molecule has 0 amide bonds. The van der Waals surface area contributed by atoms with Crippen molar-refractivity contribution in [3.8, 4) is 6.07 Å². The number of pyridine rings is 1. The van der Waals surface area contributed by atoms with Crippen LogP contribution in [0.3, 0.4) is 0 Å². The molecule has 0 fully saturated rings.